The molecule has 0 aliphatic carbocycles. The van der Waals surface area contributed by atoms with Crippen molar-refractivity contribution in [2.75, 3.05) is 38.6 Å². The Balaban J connectivity index is 1.73. The molecule has 29 heavy (non-hydrogen) atoms. The first-order valence-electron chi connectivity index (χ1n) is 10.1. The highest BCUT2D eigenvalue weighted by atomic mass is 32.2. The van der Waals surface area contributed by atoms with E-state index in [0.29, 0.717) is 18.7 Å². The largest absolute Gasteiger partial charge is 0.371 e. The summed E-state index contributed by atoms with van der Waals surface area (Å²) in [6, 6.07) is 13.2. The van der Waals surface area contributed by atoms with Crippen molar-refractivity contribution >= 4 is 21.6 Å². The maximum Gasteiger partial charge on any atom is 0.256 e. The van der Waals surface area contributed by atoms with Gasteiger partial charge < -0.3 is 9.80 Å². The summed E-state index contributed by atoms with van der Waals surface area (Å²) in [6.07, 6.45) is 2.99. The lowest BCUT2D eigenvalue weighted by Crippen LogP contribution is -2.37. The van der Waals surface area contributed by atoms with Crippen LogP contribution in [0.25, 0.3) is 0 Å². The van der Waals surface area contributed by atoms with Gasteiger partial charge in [-0.05, 0) is 48.6 Å². The number of anilines is 1. The van der Waals surface area contributed by atoms with Gasteiger partial charge in [0.15, 0.2) is 0 Å². The fraction of sp³-hybridized carbons (Fsp3) is 0.409. The van der Waals surface area contributed by atoms with E-state index in [9.17, 15) is 13.2 Å². The molecule has 0 atom stereocenters. The standard InChI is InChI=1S/C22H27N3O3S/c1-23(2)29(27,28)19-9-10-21(24-12-5-6-13-24)20(15-19)22(26)25-14-11-17-7-3-4-8-18(17)16-25/h3-4,7-10,15H,5-6,11-14,16H2,1-2H3. The first-order chi connectivity index (χ1) is 13.9. The minimum atomic E-state index is -3.61. The molecule has 0 N–H and O–H groups in total. The quantitative estimate of drug-likeness (QED) is 0.773. The van der Waals surface area contributed by atoms with Gasteiger partial charge in [-0.15, -0.1) is 0 Å². The Morgan fingerprint density at radius 3 is 2.34 bits per heavy atom. The lowest BCUT2D eigenvalue weighted by Gasteiger charge is -2.31. The van der Waals surface area contributed by atoms with E-state index in [1.165, 1.54) is 24.0 Å². The van der Waals surface area contributed by atoms with Crippen LogP contribution in [0.1, 0.15) is 34.3 Å². The Labute approximate surface area is 172 Å². The fourth-order valence-corrected chi connectivity index (χ4v) is 5.06. The zero-order valence-electron chi connectivity index (χ0n) is 17.0. The first-order valence-corrected chi connectivity index (χ1v) is 11.5. The molecule has 0 radical (unpaired) electrons. The molecule has 1 amide bonds. The number of hydrogen-bond donors (Lipinski definition) is 0. The molecule has 0 aromatic heterocycles. The monoisotopic (exact) mass is 413 g/mol. The van der Waals surface area contributed by atoms with E-state index in [1.54, 1.807) is 18.2 Å². The number of carbonyl (C=O) groups excluding carboxylic acids is 1. The van der Waals surface area contributed by atoms with Gasteiger partial charge in [-0.1, -0.05) is 24.3 Å². The summed E-state index contributed by atoms with van der Waals surface area (Å²) in [7, 11) is -0.595. The molecule has 0 bridgehead atoms. The molecule has 6 nitrogen and oxygen atoms in total. The minimum absolute atomic E-state index is 0.0998. The van der Waals surface area contributed by atoms with E-state index in [0.717, 1.165) is 43.6 Å². The number of rotatable bonds is 4. The predicted molar refractivity (Wildman–Crippen MR) is 114 cm³/mol. The number of fused-ring (bicyclic) bond motifs is 1. The predicted octanol–water partition coefficient (Wildman–Crippen LogP) is 2.74. The second-order valence-corrected chi connectivity index (χ2v) is 10.1. The van der Waals surface area contributed by atoms with Gasteiger partial charge in [-0.25, -0.2) is 12.7 Å². The fourth-order valence-electron chi connectivity index (χ4n) is 4.13. The Bertz CT molecular complexity index is 1030. The Kier molecular flexibility index (Phi) is 5.36. The highest BCUT2D eigenvalue weighted by Gasteiger charge is 2.28. The zero-order valence-corrected chi connectivity index (χ0v) is 17.8. The van der Waals surface area contributed by atoms with Gasteiger partial charge >= 0.3 is 0 Å². The summed E-state index contributed by atoms with van der Waals surface area (Å²) in [6.45, 7) is 2.98. The average molecular weight is 414 g/mol. The number of amides is 1. The molecule has 2 aliphatic heterocycles. The number of carbonyl (C=O) groups is 1. The van der Waals surface area contributed by atoms with Crippen LogP contribution in [0.4, 0.5) is 5.69 Å². The maximum absolute atomic E-state index is 13.5. The van der Waals surface area contributed by atoms with Crippen molar-refractivity contribution in [2.45, 2.75) is 30.7 Å². The third-order valence-corrected chi connectivity index (χ3v) is 7.65. The van der Waals surface area contributed by atoms with Gasteiger partial charge in [0.2, 0.25) is 10.0 Å². The molecular weight excluding hydrogens is 386 g/mol. The van der Waals surface area contributed by atoms with Crippen LogP contribution in [0.15, 0.2) is 47.4 Å². The van der Waals surface area contributed by atoms with Crippen molar-refractivity contribution in [3.63, 3.8) is 0 Å². The highest BCUT2D eigenvalue weighted by molar-refractivity contribution is 7.89. The van der Waals surface area contributed by atoms with Crippen LogP contribution in [-0.4, -0.2) is 57.3 Å². The molecule has 2 aliphatic rings. The van der Waals surface area contributed by atoms with E-state index in [4.69, 9.17) is 0 Å². The molecule has 154 valence electrons. The van der Waals surface area contributed by atoms with E-state index in [2.05, 4.69) is 17.0 Å². The summed E-state index contributed by atoms with van der Waals surface area (Å²) < 4.78 is 26.5. The molecule has 2 aromatic rings. The number of nitrogens with zero attached hydrogens (tertiary/aromatic N) is 3. The van der Waals surface area contributed by atoms with E-state index >= 15 is 0 Å². The second kappa shape index (κ2) is 7.80. The van der Waals surface area contributed by atoms with Gasteiger partial charge in [0, 0.05) is 46.0 Å². The van der Waals surface area contributed by atoms with Crippen molar-refractivity contribution in [3.05, 3.63) is 59.2 Å². The van der Waals surface area contributed by atoms with Gasteiger partial charge in [-0.3, -0.25) is 4.79 Å². The van der Waals surface area contributed by atoms with Crippen LogP contribution in [0, 0.1) is 0 Å². The highest BCUT2D eigenvalue weighted by Crippen LogP contribution is 2.30. The Hall–Kier alpha value is -2.38. The van der Waals surface area contributed by atoms with Gasteiger partial charge in [0.1, 0.15) is 0 Å². The Morgan fingerprint density at radius 1 is 0.966 bits per heavy atom. The summed E-state index contributed by atoms with van der Waals surface area (Å²) >= 11 is 0. The molecule has 1 fully saturated rings. The number of sulfonamides is 1. The van der Waals surface area contributed by atoms with E-state index in [-0.39, 0.29) is 10.8 Å². The van der Waals surface area contributed by atoms with Crippen LogP contribution in [0.3, 0.4) is 0 Å². The van der Waals surface area contributed by atoms with Crippen molar-refractivity contribution in [3.8, 4) is 0 Å². The van der Waals surface area contributed by atoms with Crippen LogP contribution in [-0.2, 0) is 23.0 Å². The first kappa shape index (κ1) is 19.9. The van der Waals surface area contributed by atoms with Crippen LogP contribution in [0.2, 0.25) is 0 Å². The van der Waals surface area contributed by atoms with Crippen LogP contribution < -0.4 is 4.90 Å². The van der Waals surface area contributed by atoms with E-state index in [1.807, 2.05) is 17.0 Å². The lowest BCUT2D eigenvalue weighted by atomic mass is 9.99. The van der Waals surface area contributed by atoms with Gasteiger partial charge in [-0.2, -0.15) is 0 Å². The molecule has 2 heterocycles. The zero-order chi connectivity index (χ0) is 20.6. The molecule has 0 unspecified atom stereocenters. The van der Waals surface area contributed by atoms with Gasteiger partial charge in [0.25, 0.3) is 5.91 Å². The normalized spacial score (nSPS) is 16.9. The van der Waals surface area contributed by atoms with Crippen molar-refractivity contribution in [1.29, 1.82) is 0 Å². The molecule has 0 spiro atoms. The summed E-state index contributed by atoms with van der Waals surface area (Å²) in [5.74, 6) is -0.0998. The summed E-state index contributed by atoms with van der Waals surface area (Å²) in [5, 5.41) is 0. The molecule has 0 saturated carbocycles. The molecular formula is C22H27N3O3S. The maximum atomic E-state index is 13.5. The molecule has 7 heteroatoms. The smallest absolute Gasteiger partial charge is 0.256 e. The van der Waals surface area contributed by atoms with Gasteiger partial charge in [0.05, 0.1) is 10.5 Å². The van der Waals surface area contributed by atoms with Crippen molar-refractivity contribution in [1.82, 2.24) is 9.21 Å². The molecule has 1 saturated heterocycles. The third-order valence-electron chi connectivity index (χ3n) is 5.84. The number of benzene rings is 2. The Morgan fingerprint density at radius 2 is 1.66 bits per heavy atom. The molecule has 4 rings (SSSR count). The SMILES string of the molecule is CN(C)S(=O)(=O)c1ccc(N2CCCC2)c(C(=O)N2CCc3ccccc3C2)c1. The average Bonchev–Trinajstić information content (AvgIpc) is 3.27. The summed E-state index contributed by atoms with van der Waals surface area (Å²) in [4.78, 5) is 17.7. The van der Waals surface area contributed by atoms with Crippen LogP contribution in [0.5, 0.6) is 0 Å². The van der Waals surface area contributed by atoms with Crippen molar-refractivity contribution < 1.29 is 13.2 Å². The lowest BCUT2D eigenvalue weighted by molar-refractivity contribution is 0.0735. The van der Waals surface area contributed by atoms with Crippen molar-refractivity contribution in [2.24, 2.45) is 0 Å². The third kappa shape index (κ3) is 3.76. The molecule has 2 aromatic carbocycles. The topological polar surface area (TPSA) is 60.9 Å². The van der Waals surface area contributed by atoms with Crippen LogP contribution >= 0.6 is 0 Å². The minimum Gasteiger partial charge on any atom is -0.371 e. The van der Waals surface area contributed by atoms with E-state index < -0.39 is 10.0 Å². The summed E-state index contributed by atoms with van der Waals surface area (Å²) in [5.41, 5.74) is 3.76. The number of hydrogen-bond acceptors (Lipinski definition) is 4. The second-order valence-electron chi connectivity index (χ2n) is 7.91.